The molecule has 0 spiro atoms. The summed E-state index contributed by atoms with van der Waals surface area (Å²) in [7, 11) is 0. The van der Waals surface area contributed by atoms with Crippen LogP contribution in [0.3, 0.4) is 0 Å². The van der Waals surface area contributed by atoms with Crippen molar-refractivity contribution in [2.75, 3.05) is 25.0 Å². The fourth-order valence-electron chi connectivity index (χ4n) is 4.01. The van der Waals surface area contributed by atoms with Gasteiger partial charge >= 0.3 is 0 Å². The number of nitrogens with two attached hydrogens (primary N) is 1. The molecule has 2 aliphatic heterocycles. The number of benzene rings is 1. The van der Waals surface area contributed by atoms with Crippen molar-refractivity contribution in [3.63, 3.8) is 0 Å². The third-order valence-electron chi connectivity index (χ3n) is 5.96. The van der Waals surface area contributed by atoms with Gasteiger partial charge < -0.3 is 21.3 Å². The summed E-state index contributed by atoms with van der Waals surface area (Å²) >= 11 is 3.02. The van der Waals surface area contributed by atoms with Crippen LogP contribution in [0.25, 0.3) is 10.4 Å². The van der Waals surface area contributed by atoms with Gasteiger partial charge in [0.1, 0.15) is 0 Å². The lowest BCUT2D eigenvalue weighted by Gasteiger charge is -2.37. The van der Waals surface area contributed by atoms with E-state index in [1.54, 1.807) is 17.4 Å². The first-order chi connectivity index (χ1) is 15.6. The van der Waals surface area contributed by atoms with Gasteiger partial charge in [-0.15, -0.1) is 22.7 Å². The molecule has 3 aromatic rings. The fourth-order valence-corrected chi connectivity index (χ4v) is 5.89. The molecule has 0 aliphatic carbocycles. The number of likely N-dealkylation sites (tertiary alicyclic amines) is 1. The van der Waals surface area contributed by atoms with Gasteiger partial charge in [-0.2, -0.15) is 0 Å². The first-order valence-corrected chi connectivity index (χ1v) is 12.4. The van der Waals surface area contributed by atoms with Crippen molar-refractivity contribution in [1.29, 1.82) is 0 Å². The highest BCUT2D eigenvalue weighted by Gasteiger charge is 2.35. The molecule has 5 rings (SSSR count). The molecule has 2 aliphatic rings. The lowest BCUT2D eigenvalue weighted by atomic mass is 10.0. The average molecular weight is 468 g/mol. The van der Waals surface area contributed by atoms with Crippen LogP contribution in [-0.4, -0.2) is 47.4 Å². The van der Waals surface area contributed by atoms with E-state index >= 15 is 0 Å². The second kappa shape index (κ2) is 9.11. The maximum absolute atomic E-state index is 12.8. The number of anilines is 1. The molecule has 166 valence electrons. The lowest BCUT2D eigenvalue weighted by Crippen LogP contribution is -2.48. The monoisotopic (exact) mass is 467 g/mol. The van der Waals surface area contributed by atoms with Crippen molar-refractivity contribution < 1.29 is 9.59 Å². The van der Waals surface area contributed by atoms with E-state index in [2.05, 4.69) is 27.8 Å². The molecule has 0 saturated carbocycles. The second-order valence-corrected chi connectivity index (χ2v) is 10.3. The minimum atomic E-state index is -0.130. The Kier molecular flexibility index (Phi) is 6.05. The van der Waals surface area contributed by atoms with Gasteiger partial charge in [0.15, 0.2) is 0 Å². The molecule has 7 nitrogen and oxygen atoms in total. The summed E-state index contributed by atoms with van der Waals surface area (Å²) in [4.78, 5) is 33.3. The largest absolute Gasteiger partial charge is 0.336 e. The third kappa shape index (κ3) is 4.33. The Balaban J connectivity index is 1.16. The van der Waals surface area contributed by atoms with E-state index in [1.807, 2.05) is 29.3 Å². The van der Waals surface area contributed by atoms with E-state index in [-0.39, 0.29) is 23.8 Å². The zero-order valence-electron chi connectivity index (χ0n) is 17.5. The van der Waals surface area contributed by atoms with Gasteiger partial charge in [0, 0.05) is 31.7 Å². The molecule has 1 atom stereocenters. The molecule has 2 saturated heterocycles. The van der Waals surface area contributed by atoms with Crippen LogP contribution in [0.4, 0.5) is 5.00 Å². The zero-order valence-corrected chi connectivity index (χ0v) is 19.2. The Morgan fingerprint density at radius 1 is 1.16 bits per heavy atom. The van der Waals surface area contributed by atoms with E-state index < -0.39 is 0 Å². The molecule has 2 fully saturated rings. The summed E-state index contributed by atoms with van der Waals surface area (Å²) in [5.41, 5.74) is 7.92. The predicted octanol–water partition coefficient (Wildman–Crippen LogP) is 3.26. The van der Waals surface area contributed by atoms with Crippen molar-refractivity contribution >= 4 is 39.5 Å². The number of carbonyl (C=O) groups excluding carboxylic acids is 2. The molecular formula is C23H25N5O2S2. The molecule has 1 aromatic carbocycles. The van der Waals surface area contributed by atoms with E-state index in [4.69, 9.17) is 5.73 Å². The SMILES string of the molecule is NCc1ccc(-c2cnc(C3CN(C(=O)c4ccc(NC(=O)[C@@H]5CCCN5)s4)C3)s2)cc1. The summed E-state index contributed by atoms with van der Waals surface area (Å²) in [6, 6.07) is 11.7. The van der Waals surface area contributed by atoms with Crippen LogP contribution in [0.2, 0.25) is 0 Å². The van der Waals surface area contributed by atoms with Crippen LogP contribution in [0, 0.1) is 0 Å². The lowest BCUT2D eigenvalue weighted by molar-refractivity contribution is -0.117. The average Bonchev–Trinajstić information content (AvgIpc) is 3.54. The minimum Gasteiger partial charge on any atom is -0.336 e. The number of hydrogen-bond donors (Lipinski definition) is 3. The maximum atomic E-state index is 12.8. The van der Waals surface area contributed by atoms with E-state index in [0.717, 1.165) is 40.4 Å². The van der Waals surface area contributed by atoms with Crippen molar-refractivity contribution in [1.82, 2.24) is 15.2 Å². The van der Waals surface area contributed by atoms with E-state index in [9.17, 15) is 9.59 Å². The topological polar surface area (TPSA) is 100 Å². The van der Waals surface area contributed by atoms with Crippen molar-refractivity contribution in [3.05, 3.63) is 58.0 Å². The first kappa shape index (κ1) is 21.3. The predicted molar refractivity (Wildman–Crippen MR) is 128 cm³/mol. The highest BCUT2D eigenvalue weighted by atomic mass is 32.1. The van der Waals surface area contributed by atoms with Crippen molar-refractivity contribution in [2.45, 2.75) is 31.3 Å². The number of carbonyl (C=O) groups is 2. The molecular weight excluding hydrogens is 442 g/mol. The number of nitrogens with zero attached hydrogens (tertiary/aromatic N) is 2. The molecule has 0 radical (unpaired) electrons. The Hall–Kier alpha value is -2.59. The Bertz CT molecular complexity index is 1110. The summed E-state index contributed by atoms with van der Waals surface area (Å²) < 4.78 is 0. The van der Waals surface area contributed by atoms with Gasteiger partial charge in [-0.05, 0) is 42.6 Å². The highest BCUT2D eigenvalue weighted by Crippen LogP contribution is 2.36. The summed E-state index contributed by atoms with van der Waals surface area (Å²) in [5, 5.41) is 7.89. The van der Waals surface area contributed by atoms with E-state index in [0.29, 0.717) is 29.5 Å². The van der Waals surface area contributed by atoms with Gasteiger partial charge in [0.05, 0.1) is 25.8 Å². The van der Waals surface area contributed by atoms with Crippen molar-refractivity contribution in [2.24, 2.45) is 5.73 Å². The normalized spacial score (nSPS) is 18.5. The number of thiophene rings is 1. The maximum Gasteiger partial charge on any atom is 0.264 e. The highest BCUT2D eigenvalue weighted by molar-refractivity contribution is 7.18. The smallest absolute Gasteiger partial charge is 0.264 e. The number of rotatable bonds is 6. The summed E-state index contributed by atoms with van der Waals surface area (Å²) in [6.45, 7) is 2.76. The minimum absolute atomic E-state index is 0.0138. The van der Waals surface area contributed by atoms with Crippen molar-refractivity contribution in [3.8, 4) is 10.4 Å². The molecule has 0 bridgehead atoms. The van der Waals surface area contributed by atoms with Gasteiger partial charge in [-0.3, -0.25) is 9.59 Å². The van der Waals surface area contributed by atoms with Crippen LogP contribution >= 0.6 is 22.7 Å². The standard InChI is InChI=1S/C23H25N5O2S2/c24-10-14-3-5-15(6-4-14)19-11-26-22(32-19)16-12-28(13-16)23(30)18-7-8-20(31-18)27-21(29)17-2-1-9-25-17/h3-8,11,16-17,25H,1-2,9-10,12-13,24H2,(H,27,29)/t17-/m0/s1. The summed E-state index contributed by atoms with van der Waals surface area (Å²) in [6.07, 6.45) is 3.79. The third-order valence-corrected chi connectivity index (χ3v) is 8.15. The quantitative estimate of drug-likeness (QED) is 0.517. The number of nitrogens with one attached hydrogen (secondary N) is 2. The van der Waals surface area contributed by atoms with Crippen LogP contribution in [0.15, 0.2) is 42.6 Å². The molecule has 4 heterocycles. The first-order valence-electron chi connectivity index (χ1n) is 10.8. The number of hydrogen-bond acceptors (Lipinski definition) is 7. The van der Waals surface area contributed by atoms with Gasteiger partial charge in [-0.25, -0.2) is 4.98 Å². The van der Waals surface area contributed by atoms with Crippen LogP contribution in [-0.2, 0) is 11.3 Å². The number of amides is 2. The second-order valence-electron chi connectivity index (χ2n) is 8.17. The van der Waals surface area contributed by atoms with Crippen LogP contribution in [0.1, 0.15) is 39.0 Å². The molecule has 9 heteroatoms. The Labute approximate surface area is 194 Å². The molecule has 32 heavy (non-hydrogen) atoms. The Morgan fingerprint density at radius 3 is 2.69 bits per heavy atom. The van der Waals surface area contributed by atoms with Gasteiger partial charge in [-0.1, -0.05) is 24.3 Å². The van der Waals surface area contributed by atoms with Gasteiger partial charge in [0.2, 0.25) is 5.91 Å². The van der Waals surface area contributed by atoms with Crippen LogP contribution < -0.4 is 16.4 Å². The zero-order chi connectivity index (χ0) is 22.1. The Morgan fingerprint density at radius 2 is 1.97 bits per heavy atom. The number of aromatic nitrogens is 1. The molecule has 0 unspecified atom stereocenters. The fraction of sp³-hybridized carbons (Fsp3) is 0.348. The van der Waals surface area contributed by atoms with Gasteiger partial charge in [0.25, 0.3) is 5.91 Å². The summed E-state index contributed by atoms with van der Waals surface area (Å²) in [5.74, 6) is 0.262. The molecule has 2 aromatic heterocycles. The molecule has 4 N–H and O–H groups in total. The van der Waals surface area contributed by atoms with Crippen LogP contribution in [0.5, 0.6) is 0 Å². The molecule has 2 amide bonds. The van der Waals surface area contributed by atoms with E-state index in [1.165, 1.54) is 11.3 Å². The number of thiazole rings is 1.